The standard InChI is InChI=1S/C14H25NO4.K/c1-11(8-12-6-4-3-5-7-12)15(2)13(16)9-19-10-14(17)18;/h11-12H,3-10H2,1-2H3,(H,17,18);/q;+1/p-1. The van der Waals surface area contributed by atoms with E-state index >= 15 is 0 Å². The van der Waals surface area contributed by atoms with Crippen LogP contribution in [0.4, 0.5) is 0 Å². The maximum atomic E-state index is 11.8. The molecule has 0 heterocycles. The van der Waals surface area contributed by atoms with Gasteiger partial charge in [-0.3, -0.25) is 4.79 Å². The van der Waals surface area contributed by atoms with E-state index in [2.05, 4.69) is 0 Å². The van der Waals surface area contributed by atoms with Gasteiger partial charge in [-0.1, -0.05) is 32.1 Å². The first kappa shape index (κ1) is 20.5. The van der Waals surface area contributed by atoms with Gasteiger partial charge in [-0.25, -0.2) is 0 Å². The Kier molecular flexibility index (Phi) is 11.4. The molecule has 0 N–H and O–H groups in total. The van der Waals surface area contributed by atoms with Gasteiger partial charge in [-0.15, -0.1) is 0 Å². The third-order valence-electron chi connectivity index (χ3n) is 3.90. The predicted molar refractivity (Wildman–Crippen MR) is 69.3 cm³/mol. The van der Waals surface area contributed by atoms with Crippen LogP contribution in [0.15, 0.2) is 0 Å². The largest absolute Gasteiger partial charge is 1.00 e. The molecule has 0 aromatic heterocycles. The van der Waals surface area contributed by atoms with Crippen molar-refractivity contribution in [2.45, 2.75) is 51.5 Å². The zero-order valence-electron chi connectivity index (χ0n) is 12.9. The van der Waals surface area contributed by atoms with E-state index in [1.165, 1.54) is 32.1 Å². The number of ether oxygens (including phenoxy) is 1. The average molecular weight is 309 g/mol. The zero-order chi connectivity index (χ0) is 14.3. The summed E-state index contributed by atoms with van der Waals surface area (Å²) in [4.78, 5) is 23.6. The Labute approximate surface area is 163 Å². The Bertz CT molecular complexity index is 306. The van der Waals surface area contributed by atoms with E-state index in [4.69, 9.17) is 4.74 Å². The number of carbonyl (C=O) groups excluding carboxylic acids is 2. The van der Waals surface area contributed by atoms with Gasteiger partial charge in [0.1, 0.15) is 6.61 Å². The van der Waals surface area contributed by atoms with Gasteiger partial charge in [0, 0.05) is 13.1 Å². The minimum atomic E-state index is -1.30. The van der Waals surface area contributed by atoms with Crippen molar-refractivity contribution >= 4 is 11.9 Å². The van der Waals surface area contributed by atoms with Crippen molar-refractivity contribution in [3.05, 3.63) is 0 Å². The molecule has 1 atom stereocenters. The number of hydrogen-bond acceptors (Lipinski definition) is 4. The fourth-order valence-electron chi connectivity index (χ4n) is 2.63. The van der Waals surface area contributed by atoms with Crippen LogP contribution in [0.25, 0.3) is 0 Å². The van der Waals surface area contributed by atoms with Crippen molar-refractivity contribution in [2.75, 3.05) is 20.3 Å². The molecular formula is C14H24KNO4. The molecule has 0 aliphatic heterocycles. The monoisotopic (exact) mass is 309 g/mol. The fourth-order valence-corrected chi connectivity index (χ4v) is 2.63. The molecule has 0 spiro atoms. The molecule has 6 heteroatoms. The zero-order valence-corrected chi connectivity index (χ0v) is 16.0. The molecule has 1 amide bonds. The van der Waals surface area contributed by atoms with Crippen LogP contribution in [0.5, 0.6) is 0 Å². The molecule has 110 valence electrons. The summed E-state index contributed by atoms with van der Waals surface area (Å²) in [7, 11) is 1.75. The maximum absolute atomic E-state index is 11.8. The molecule has 0 saturated heterocycles. The maximum Gasteiger partial charge on any atom is 1.00 e. The van der Waals surface area contributed by atoms with Crippen molar-refractivity contribution in [1.29, 1.82) is 0 Å². The second-order valence-corrected chi connectivity index (χ2v) is 5.46. The predicted octanol–water partition coefficient (Wildman–Crippen LogP) is -2.43. The Balaban J connectivity index is 0.00000361. The fraction of sp³-hybridized carbons (Fsp3) is 0.857. The van der Waals surface area contributed by atoms with Gasteiger partial charge < -0.3 is 19.5 Å². The van der Waals surface area contributed by atoms with Crippen LogP contribution < -0.4 is 56.5 Å². The molecule has 1 saturated carbocycles. The smallest absolute Gasteiger partial charge is 0.548 e. The topological polar surface area (TPSA) is 69.7 Å². The van der Waals surface area contributed by atoms with Gasteiger partial charge in [0.05, 0.1) is 12.6 Å². The van der Waals surface area contributed by atoms with Gasteiger partial charge >= 0.3 is 51.4 Å². The Morgan fingerprint density at radius 2 is 1.85 bits per heavy atom. The second kappa shape index (κ2) is 11.1. The summed E-state index contributed by atoms with van der Waals surface area (Å²) in [5, 5.41) is 10.2. The quantitative estimate of drug-likeness (QED) is 0.491. The average Bonchev–Trinajstić information content (AvgIpc) is 2.38. The molecule has 1 unspecified atom stereocenters. The van der Waals surface area contributed by atoms with Crippen molar-refractivity contribution in [2.24, 2.45) is 5.92 Å². The minimum Gasteiger partial charge on any atom is -0.548 e. The summed E-state index contributed by atoms with van der Waals surface area (Å²) in [6.07, 6.45) is 7.45. The molecule has 20 heavy (non-hydrogen) atoms. The summed E-state index contributed by atoms with van der Waals surface area (Å²) in [5.41, 5.74) is 0. The Morgan fingerprint density at radius 1 is 1.25 bits per heavy atom. The van der Waals surface area contributed by atoms with Gasteiger partial charge in [0.25, 0.3) is 0 Å². The molecule has 1 rings (SSSR count). The van der Waals surface area contributed by atoms with E-state index in [1.807, 2.05) is 6.92 Å². The molecule has 0 aromatic rings. The molecule has 0 aromatic carbocycles. The van der Waals surface area contributed by atoms with Gasteiger partial charge in [0.2, 0.25) is 5.91 Å². The Hall–Kier alpha value is 0.536. The second-order valence-electron chi connectivity index (χ2n) is 5.46. The SMILES string of the molecule is CC(CC1CCCCC1)N(C)C(=O)COCC(=O)[O-].[K+]. The first-order chi connectivity index (χ1) is 9.00. The van der Waals surface area contributed by atoms with Gasteiger partial charge in [-0.2, -0.15) is 0 Å². The van der Waals surface area contributed by atoms with Crippen LogP contribution in [-0.4, -0.2) is 43.1 Å². The molecule has 5 nitrogen and oxygen atoms in total. The third-order valence-corrected chi connectivity index (χ3v) is 3.90. The number of hydrogen-bond donors (Lipinski definition) is 0. The van der Waals surface area contributed by atoms with Gasteiger partial charge in [0.15, 0.2) is 0 Å². The van der Waals surface area contributed by atoms with Crippen molar-refractivity contribution in [3.8, 4) is 0 Å². The van der Waals surface area contributed by atoms with E-state index < -0.39 is 12.6 Å². The molecule has 1 aliphatic carbocycles. The van der Waals surface area contributed by atoms with Crippen LogP contribution in [0.2, 0.25) is 0 Å². The summed E-state index contributed by atoms with van der Waals surface area (Å²) >= 11 is 0. The first-order valence-corrected chi connectivity index (χ1v) is 7.04. The molecule has 0 bridgehead atoms. The molecular weight excluding hydrogens is 285 g/mol. The van der Waals surface area contributed by atoms with Crippen LogP contribution in [0, 0.1) is 5.92 Å². The number of aliphatic carboxylic acids is 1. The first-order valence-electron chi connectivity index (χ1n) is 7.04. The molecule has 1 aliphatic rings. The van der Waals surface area contributed by atoms with Crippen molar-refractivity contribution < 1.29 is 70.8 Å². The van der Waals surface area contributed by atoms with E-state index in [0.29, 0.717) is 5.92 Å². The number of likely N-dealkylation sites (N-methyl/N-ethyl adjacent to an activating group) is 1. The van der Waals surface area contributed by atoms with Crippen LogP contribution in [-0.2, 0) is 14.3 Å². The summed E-state index contributed by atoms with van der Waals surface area (Å²) in [5.74, 6) is -0.765. The van der Waals surface area contributed by atoms with Crippen molar-refractivity contribution in [1.82, 2.24) is 4.90 Å². The molecule has 1 fully saturated rings. The number of rotatable bonds is 7. The minimum absolute atomic E-state index is 0. The number of carbonyl (C=O) groups is 2. The summed E-state index contributed by atoms with van der Waals surface area (Å²) < 4.78 is 4.76. The van der Waals surface area contributed by atoms with E-state index in [0.717, 1.165) is 6.42 Å². The number of carboxylic acid groups (broad SMARTS) is 1. The summed E-state index contributed by atoms with van der Waals surface area (Å²) in [6.45, 7) is 1.31. The van der Waals surface area contributed by atoms with E-state index in [-0.39, 0.29) is 69.9 Å². The van der Waals surface area contributed by atoms with Crippen LogP contribution in [0.3, 0.4) is 0 Å². The van der Waals surface area contributed by atoms with Gasteiger partial charge in [-0.05, 0) is 19.3 Å². The van der Waals surface area contributed by atoms with Crippen LogP contribution in [0.1, 0.15) is 45.4 Å². The van der Waals surface area contributed by atoms with E-state index in [1.54, 1.807) is 11.9 Å². The number of nitrogens with zero attached hydrogens (tertiary/aromatic N) is 1. The normalized spacial score (nSPS) is 17.1. The molecule has 0 radical (unpaired) electrons. The van der Waals surface area contributed by atoms with Crippen LogP contribution >= 0.6 is 0 Å². The number of carboxylic acids is 1. The van der Waals surface area contributed by atoms with Crippen molar-refractivity contribution in [3.63, 3.8) is 0 Å². The summed E-state index contributed by atoms with van der Waals surface area (Å²) in [6, 6.07) is 0.169. The van der Waals surface area contributed by atoms with E-state index in [9.17, 15) is 14.7 Å². The number of amides is 1. The third kappa shape index (κ3) is 8.10. The Morgan fingerprint density at radius 3 is 2.40 bits per heavy atom.